The molecule has 1 heterocycles. The first-order valence-electron chi connectivity index (χ1n) is 7.49. The number of fused-ring (bicyclic) bond motifs is 1. The van der Waals surface area contributed by atoms with Crippen LogP contribution in [0.1, 0.15) is 40.5 Å². The van der Waals surface area contributed by atoms with Gasteiger partial charge in [-0.2, -0.15) is 0 Å². The summed E-state index contributed by atoms with van der Waals surface area (Å²) in [6, 6.07) is 16.6. The lowest BCUT2D eigenvalue weighted by molar-refractivity contribution is 0.0666. The van der Waals surface area contributed by atoms with Crippen molar-refractivity contribution in [2.75, 3.05) is 5.32 Å². The predicted octanol–water partition coefficient (Wildman–Crippen LogP) is 3.72. The van der Waals surface area contributed by atoms with Crippen LogP contribution in [0.2, 0.25) is 0 Å². The number of rotatable bonds is 2. The third-order valence-corrected chi connectivity index (χ3v) is 4.30. The third-order valence-electron chi connectivity index (χ3n) is 4.30. The van der Waals surface area contributed by atoms with Gasteiger partial charge in [-0.1, -0.05) is 42.0 Å². The molecule has 21 heavy (non-hydrogen) atoms. The average molecular weight is 278 g/mol. The molecule has 3 heteroatoms. The Morgan fingerprint density at radius 2 is 1.76 bits per heavy atom. The van der Waals surface area contributed by atoms with Gasteiger partial charge in [0.1, 0.15) is 6.17 Å². The molecule has 3 nitrogen and oxygen atoms in total. The lowest BCUT2D eigenvalue weighted by Crippen LogP contribution is -2.44. The molecule has 1 aliphatic carbocycles. The zero-order valence-corrected chi connectivity index (χ0v) is 12.0. The Kier molecular flexibility index (Phi) is 2.74. The molecule has 0 spiro atoms. The van der Waals surface area contributed by atoms with Gasteiger partial charge in [-0.15, -0.1) is 0 Å². The molecule has 106 valence electrons. The van der Waals surface area contributed by atoms with Gasteiger partial charge >= 0.3 is 0 Å². The van der Waals surface area contributed by atoms with E-state index in [9.17, 15) is 4.79 Å². The first-order chi connectivity index (χ1) is 10.2. The Morgan fingerprint density at radius 3 is 2.48 bits per heavy atom. The lowest BCUT2D eigenvalue weighted by atomic mass is 10.0. The van der Waals surface area contributed by atoms with E-state index in [1.165, 1.54) is 5.56 Å². The minimum Gasteiger partial charge on any atom is -0.361 e. The number of hydrogen-bond donors (Lipinski definition) is 1. The van der Waals surface area contributed by atoms with Crippen molar-refractivity contribution in [3.05, 3.63) is 65.2 Å². The zero-order valence-electron chi connectivity index (χ0n) is 12.0. The number of benzene rings is 2. The Morgan fingerprint density at radius 1 is 1.05 bits per heavy atom. The molecule has 2 aromatic carbocycles. The van der Waals surface area contributed by atoms with E-state index in [1.807, 2.05) is 29.2 Å². The normalized spacial score (nSPS) is 20.9. The largest absolute Gasteiger partial charge is 0.361 e. The van der Waals surface area contributed by atoms with E-state index in [2.05, 4.69) is 36.5 Å². The van der Waals surface area contributed by atoms with Crippen molar-refractivity contribution in [3.8, 4) is 0 Å². The summed E-state index contributed by atoms with van der Waals surface area (Å²) in [7, 11) is 0. The fraction of sp³-hybridized carbons (Fsp3) is 0.278. The van der Waals surface area contributed by atoms with Gasteiger partial charge in [0, 0.05) is 11.7 Å². The minimum absolute atomic E-state index is 0.0551. The summed E-state index contributed by atoms with van der Waals surface area (Å²) in [5.41, 5.74) is 4.10. The summed E-state index contributed by atoms with van der Waals surface area (Å²) in [6.07, 6.45) is 2.16. The van der Waals surface area contributed by atoms with Gasteiger partial charge < -0.3 is 10.2 Å². The van der Waals surface area contributed by atoms with Gasteiger partial charge in [0.25, 0.3) is 5.91 Å². The number of carbonyl (C=O) groups excluding carboxylic acids is 1. The number of amides is 1. The fourth-order valence-corrected chi connectivity index (χ4v) is 2.99. The third kappa shape index (κ3) is 2.09. The van der Waals surface area contributed by atoms with E-state index in [1.54, 1.807) is 0 Å². The highest BCUT2D eigenvalue weighted by atomic mass is 16.2. The molecule has 1 fully saturated rings. The van der Waals surface area contributed by atoms with Crippen LogP contribution in [0.4, 0.5) is 5.69 Å². The van der Waals surface area contributed by atoms with Gasteiger partial charge in [0.05, 0.1) is 5.56 Å². The van der Waals surface area contributed by atoms with Crippen molar-refractivity contribution >= 4 is 11.6 Å². The quantitative estimate of drug-likeness (QED) is 0.908. The predicted molar refractivity (Wildman–Crippen MR) is 83.2 cm³/mol. The van der Waals surface area contributed by atoms with E-state index in [0.717, 1.165) is 29.7 Å². The molecular weight excluding hydrogens is 260 g/mol. The molecule has 4 rings (SSSR count). The average Bonchev–Trinajstić information content (AvgIpc) is 3.32. The van der Waals surface area contributed by atoms with Crippen LogP contribution in [0.15, 0.2) is 48.5 Å². The summed E-state index contributed by atoms with van der Waals surface area (Å²) < 4.78 is 0. The maximum absolute atomic E-state index is 12.8. The number of nitrogens with zero attached hydrogens (tertiary/aromatic N) is 1. The van der Waals surface area contributed by atoms with Crippen molar-refractivity contribution in [1.29, 1.82) is 0 Å². The number of nitrogens with one attached hydrogen (secondary N) is 1. The number of aryl methyl sites for hydroxylation is 1. The van der Waals surface area contributed by atoms with Crippen LogP contribution in [0.3, 0.4) is 0 Å². The second kappa shape index (κ2) is 4.62. The first kappa shape index (κ1) is 12.5. The van der Waals surface area contributed by atoms with E-state index in [4.69, 9.17) is 0 Å². The van der Waals surface area contributed by atoms with Gasteiger partial charge in [0.2, 0.25) is 0 Å². The molecule has 1 aliphatic heterocycles. The lowest BCUT2D eigenvalue weighted by Gasteiger charge is -2.38. The standard InChI is InChI=1S/C18H18N2O/c1-12-6-8-13(9-7-12)17-19-16-5-3-2-4-15(16)18(21)20(17)14-10-11-14/h2-9,14,17,19H,10-11H2,1H3. The highest BCUT2D eigenvalue weighted by Gasteiger charge is 2.41. The number of carbonyl (C=O) groups is 1. The molecule has 1 saturated carbocycles. The van der Waals surface area contributed by atoms with Crippen LogP contribution < -0.4 is 5.32 Å². The number of para-hydroxylation sites is 1. The molecular formula is C18H18N2O. The van der Waals surface area contributed by atoms with Crippen LogP contribution in [0, 0.1) is 6.92 Å². The molecule has 1 unspecified atom stereocenters. The highest BCUT2D eigenvalue weighted by molar-refractivity contribution is 6.02. The summed E-state index contributed by atoms with van der Waals surface area (Å²) in [5, 5.41) is 3.54. The number of hydrogen-bond acceptors (Lipinski definition) is 2. The van der Waals surface area contributed by atoms with Gasteiger partial charge in [-0.05, 0) is 37.5 Å². The molecule has 1 amide bonds. The van der Waals surface area contributed by atoms with Crippen LogP contribution in [-0.4, -0.2) is 16.8 Å². The van der Waals surface area contributed by atoms with E-state index in [0.29, 0.717) is 6.04 Å². The summed E-state index contributed by atoms with van der Waals surface area (Å²) >= 11 is 0. The maximum Gasteiger partial charge on any atom is 0.258 e. The van der Waals surface area contributed by atoms with Crippen LogP contribution in [0.25, 0.3) is 0 Å². The molecule has 0 bridgehead atoms. The molecule has 2 aromatic rings. The first-order valence-corrected chi connectivity index (χ1v) is 7.49. The van der Waals surface area contributed by atoms with Gasteiger partial charge in [-0.25, -0.2) is 0 Å². The van der Waals surface area contributed by atoms with Crippen LogP contribution in [-0.2, 0) is 0 Å². The van der Waals surface area contributed by atoms with Crippen LogP contribution in [0.5, 0.6) is 0 Å². The van der Waals surface area contributed by atoms with Crippen molar-refractivity contribution in [2.24, 2.45) is 0 Å². The topological polar surface area (TPSA) is 32.3 Å². The minimum atomic E-state index is -0.0551. The fourth-order valence-electron chi connectivity index (χ4n) is 2.99. The van der Waals surface area contributed by atoms with Crippen molar-refractivity contribution in [2.45, 2.75) is 32.0 Å². The van der Waals surface area contributed by atoms with Crippen molar-refractivity contribution in [1.82, 2.24) is 4.90 Å². The molecule has 1 N–H and O–H groups in total. The van der Waals surface area contributed by atoms with Crippen molar-refractivity contribution in [3.63, 3.8) is 0 Å². The second-order valence-corrected chi connectivity index (χ2v) is 5.95. The smallest absolute Gasteiger partial charge is 0.258 e. The maximum atomic E-state index is 12.8. The van der Waals surface area contributed by atoms with Gasteiger partial charge in [-0.3, -0.25) is 4.79 Å². The summed E-state index contributed by atoms with van der Waals surface area (Å²) in [4.78, 5) is 14.9. The Bertz CT molecular complexity index is 689. The molecule has 2 aliphatic rings. The summed E-state index contributed by atoms with van der Waals surface area (Å²) in [5.74, 6) is 0.150. The van der Waals surface area contributed by atoms with E-state index < -0.39 is 0 Å². The Hall–Kier alpha value is -2.29. The Labute approximate surface area is 124 Å². The highest BCUT2D eigenvalue weighted by Crippen LogP contribution is 2.40. The molecule has 1 atom stereocenters. The zero-order chi connectivity index (χ0) is 14.4. The second-order valence-electron chi connectivity index (χ2n) is 5.95. The summed E-state index contributed by atoms with van der Waals surface area (Å²) in [6.45, 7) is 2.08. The van der Waals surface area contributed by atoms with Crippen LogP contribution >= 0.6 is 0 Å². The molecule has 0 saturated heterocycles. The van der Waals surface area contributed by atoms with E-state index >= 15 is 0 Å². The SMILES string of the molecule is Cc1ccc(C2Nc3ccccc3C(=O)N2C2CC2)cc1. The molecule has 0 aromatic heterocycles. The van der Waals surface area contributed by atoms with E-state index in [-0.39, 0.29) is 12.1 Å². The number of anilines is 1. The monoisotopic (exact) mass is 278 g/mol. The van der Waals surface area contributed by atoms with Crippen molar-refractivity contribution < 1.29 is 4.79 Å². The van der Waals surface area contributed by atoms with Gasteiger partial charge in [0.15, 0.2) is 0 Å². The Balaban J connectivity index is 1.78. The molecule has 0 radical (unpaired) electrons.